The molecule has 0 aliphatic heterocycles. The van der Waals surface area contributed by atoms with Crippen LogP contribution in [0.4, 0.5) is 11.4 Å². The SMILES string of the molecule is COc1ccccc1/C=C(\NC(=O)c1ccccc1)C(=O)Nc1ccc(SCC(=O)Nc2ccc(C)cc2)cc1. The van der Waals surface area contributed by atoms with Gasteiger partial charge >= 0.3 is 0 Å². The van der Waals surface area contributed by atoms with Crippen LogP contribution >= 0.6 is 11.8 Å². The first-order valence-electron chi connectivity index (χ1n) is 12.5. The Morgan fingerprint density at radius 1 is 0.775 bits per heavy atom. The van der Waals surface area contributed by atoms with Crippen molar-refractivity contribution in [3.8, 4) is 5.75 Å². The molecule has 0 saturated heterocycles. The number of carbonyl (C=O) groups is 3. The fourth-order valence-electron chi connectivity index (χ4n) is 3.70. The number of hydrogen-bond acceptors (Lipinski definition) is 5. The minimum Gasteiger partial charge on any atom is -0.496 e. The van der Waals surface area contributed by atoms with Gasteiger partial charge in [0.2, 0.25) is 5.91 Å². The van der Waals surface area contributed by atoms with Crippen molar-refractivity contribution in [2.45, 2.75) is 11.8 Å². The molecule has 0 saturated carbocycles. The second-order valence-electron chi connectivity index (χ2n) is 8.80. The lowest BCUT2D eigenvalue weighted by Crippen LogP contribution is -2.30. The molecule has 0 unspecified atom stereocenters. The van der Waals surface area contributed by atoms with Gasteiger partial charge in [-0.2, -0.15) is 0 Å². The molecule has 202 valence electrons. The molecule has 0 aromatic heterocycles. The number of nitrogens with one attached hydrogen (secondary N) is 3. The van der Waals surface area contributed by atoms with Crippen LogP contribution in [0.25, 0.3) is 6.08 Å². The number of anilines is 2. The van der Waals surface area contributed by atoms with Crippen LogP contribution in [0.3, 0.4) is 0 Å². The Hall–Kier alpha value is -4.82. The molecule has 0 bridgehead atoms. The Morgan fingerprint density at radius 3 is 2.10 bits per heavy atom. The quantitative estimate of drug-likeness (QED) is 0.162. The summed E-state index contributed by atoms with van der Waals surface area (Å²) in [6.07, 6.45) is 1.58. The maximum absolute atomic E-state index is 13.3. The topological polar surface area (TPSA) is 96.5 Å². The Bertz CT molecular complexity index is 1500. The molecule has 0 heterocycles. The first kappa shape index (κ1) is 28.2. The number of para-hydroxylation sites is 1. The van der Waals surface area contributed by atoms with E-state index in [1.807, 2.05) is 61.5 Å². The number of amides is 3. The second-order valence-corrected chi connectivity index (χ2v) is 9.85. The normalized spacial score (nSPS) is 10.9. The predicted octanol–water partition coefficient (Wildman–Crippen LogP) is 6.14. The molecule has 0 radical (unpaired) electrons. The van der Waals surface area contributed by atoms with Gasteiger partial charge in [-0.25, -0.2) is 0 Å². The van der Waals surface area contributed by atoms with E-state index in [4.69, 9.17) is 4.74 Å². The Labute approximate surface area is 237 Å². The van der Waals surface area contributed by atoms with Crippen LogP contribution in [-0.4, -0.2) is 30.6 Å². The number of thioether (sulfide) groups is 1. The summed E-state index contributed by atoms with van der Waals surface area (Å²) in [4.78, 5) is 39.3. The van der Waals surface area contributed by atoms with Crippen LogP contribution in [0.5, 0.6) is 5.75 Å². The summed E-state index contributed by atoms with van der Waals surface area (Å²) < 4.78 is 5.40. The lowest BCUT2D eigenvalue weighted by Gasteiger charge is -2.13. The van der Waals surface area contributed by atoms with Gasteiger partial charge in [-0.1, -0.05) is 54.1 Å². The van der Waals surface area contributed by atoms with Gasteiger partial charge in [0.25, 0.3) is 11.8 Å². The molecule has 0 fully saturated rings. The van der Waals surface area contributed by atoms with Gasteiger partial charge < -0.3 is 20.7 Å². The highest BCUT2D eigenvalue weighted by Gasteiger charge is 2.16. The van der Waals surface area contributed by atoms with Gasteiger partial charge in [0, 0.05) is 27.4 Å². The Morgan fingerprint density at radius 2 is 1.40 bits per heavy atom. The van der Waals surface area contributed by atoms with Crippen molar-refractivity contribution >= 4 is 46.9 Å². The number of benzene rings is 4. The van der Waals surface area contributed by atoms with Crippen molar-refractivity contribution in [1.82, 2.24) is 5.32 Å². The highest BCUT2D eigenvalue weighted by molar-refractivity contribution is 8.00. The smallest absolute Gasteiger partial charge is 0.272 e. The maximum Gasteiger partial charge on any atom is 0.272 e. The minimum atomic E-state index is -0.493. The van der Waals surface area contributed by atoms with E-state index >= 15 is 0 Å². The van der Waals surface area contributed by atoms with Gasteiger partial charge in [0.05, 0.1) is 12.9 Å². The molecular formula is C32H29N3O4S. The maximum atomic E-state index is 13.3. The summed E-state index contributed by atoms with van der Waals surface area (Å²) >= 11 is 1.39. The van der Waals surface area contributed by atoms with Crippen LogP contribution in [-0.2, 0) is 9.59 Å². The van der Waals surface area contributed by atoms with Crippen LogP contribution in [0.15, 0.2) is 114 Å². The molecule has 0 spiro atoms. The summed E-state index contributed by atoms with van der Waals surface area (Å²) in [5.74, 6) is -0.196. The molecule has 0 aliphatic carbocycles. The van der Waals surface area contributed by atoms with Crippen molar-refractivity contribution < 1.29 is 19.1 Å². The van der Waals surface area contributed by atoms with Crippen LogP contribution in [0, 0.1) is 6.92 Å². The second kappa shape index (κ2) is 13.8. The van der Waals surface area contributed by atoms with Crippen LogP contribution < -0.4 is 20.7 Å². The van der Waals surface area contributed by atoms with E-state index in [1.54, 1.807) is 61.7 Å². The number of methoxy groups -OCH3 is 1. The van der Waals surface area contributed by atoms with E-state index in [1.165, 1.54) is 11.8 Å². The van der Waals surface area contributed by atoms with Crippen LogP contribution in [0.2, 0.25) is 0 Å². The van der Waals surface area contributed by atoms with Gasteiger partial charge in [0.15, 0.2) is 0 Å². The van der Waals surface area contributed by atoms with Crippen molar-refractivity contribution in [3.05, 3.63) is 126 Å². The first-order chi connectivity index (χ1) is 19.4. The zero-order valence-electron chi connectivity index (χ0n) is 22.1. The van der Waals surface area contributed by atoms with E-state index in [2.05, 4.69) is 16.0 Å². The molecular weight excluding hydrogens is 522 g/mol. The summed E-state index contributed by atoms with van der Waals surface area (Å²) in [7, 11) is 1.54. The van der Waals surface area contributed by atoms with Gasteiger partial charge in [-0.05, 0) is 67.6 Å². The van der Waals surface area contributed by atoms with E-state index < -0.39 is 11.8 Å². The predicted molar refractivity (Wildman–Crippen MR) is 160 cm³/mol. The zero-order valence-corrected chi connectivity index (χ0v) is 23.0. The largest absolute Gasteiger partial charge is 0.496 e. The molecule has 3 amide bonds. The van der Waals surface area contributed by atoms with Crippen molar-refractivity contribution in [1.29, 1.82) is 0 Å². The fraction of sp³-hybridized carbons (Fsp3) is 0.0938. The van der Waals surface area contributed by atoms with E-state index in [0.717, 1.165) is 16.1 Å². The van der Waals surface area contributed by atoms with Gasteiger partial charge in [-0.15, -0.1) is 11.8 Å². The van der Waals surface area contributed by atoms with E-state index in [-0.39, 0.29) is 17.4 Å². The lowest BCUT2D eigenvalue weighted by molar-refractivity contribution is -0.114. The van der Waals surface area contributed by atoms with Gasteiger partial charge in [0.1, 0.15) is 11.4 Å². The Kier molecular flexibility index (Phi) is 9.74. The van der Waals surface area contributed by atoms with Crippen molar-refractivity contribution in [3.63, 3.8) is 0 Å². The van der Waals surface area contributed by atoms with E-state index in [0.29, 0.717) is 22.6 Å². The number of aryl methyl sites for hydroxylation is 1. The van der Waals surface area contributed by atoms with Gasteiger partial charge in [-0.3, -0.25) is 14.4 Å². The zero-order chi connectivity index (χ0) is 28.3. The fourth-order valence-corrected chi connectivity index (χ4v) is 4.40. The lowest BCUT2D eigenvalue weighted by atomic mass is 10.1. The Balaban J connectivity index is 1.42. The average Bonchev–Trinajstić information content (AvgIpc) is 2.98. The van der Waals surface area contributed by atoms with E-state index in [9.17, 15) is 14.4 Å². The summed E-state index contributed by atoms with van der Waals surface area (Å²) in [6, 6.07) is 30.7. The molecule has 40 heavy (non-hydrogen) atoms. The third-order valence-corrected chi connectivity index (χ3v) is 6.80. The molecule has 4 rings (SSSR count). The van der Waals surface area contributed by atoms with Crippen molar-refractivity contribution in [2.75, 3.05) is 23.5 Å². The number of carbonyl (C=O) groups excluding carboxylic acids is 3. The minimum absolute atomic E-state index is 0.0598. The third kappa shape index (κ3) is 8.09. The summed E-state index contributed by atoms with van der Waals surface area (Å²) in [5, 5.41) is 8.44. The number of ether oxygens (including phenoxy) is 1. The monoisotopic (exact) mass is 551 g/mol. The first-order valence-corrected chi connectivity index (χ1v) is 13.5. The summed E-state index contributed by atoms with van der Waals surface area (Å²) in [6.45, 7) is 1.99. The van der Waals surface area contributed by atoms with Crippen molar-refractivity contribution in [2.24, 2.45) is 0 Å². The highest BCUT2D eigenvalue weighted by atomic mass is 32.2. The molecule has 7 nitrogen and oxygen atoms in total. The molecule has 4 aromatic carbocycles. The molecule has 0 atom stereocenters. The molecule has 4 aromatic rings. The summed E-state index contributed by atoms with van der Waals surface area (Å²) in [5.41, 5.74) is 3.54. The highest BCUT2D eigenvalue weighted by Crippen LogP contribution is 2.23. The number of hydrogen-bond donors (Lipinski definition) is 3. The average molecular weight is 552 g/mol. The molecule has 8 heteroatoms. The molecule has 3 N–H and O–H groups in total. The molecule has 0 aliphatic rings. The third-order valence-electron chi connectivity index (χ3n) is 5.79. The number of rotatable bonds is 10. The standard InChI is InChI=1S/C32H29N3O4S/c1-22-12-14-25(15-13-22)33-30(36)21-40-27-18-16-26(17-19-27)34-32(38)28(20-24-10-6-7-11-29(24)39-2)35-31(37)23-8-4-3-5-9-23/h3-20H,21H2,1-2H3,(H,33,36)(H,34,38)(H,35,37)/b28-20-. The van der Waals surface area contributed by atoms with Crippen LogP contribution in [0.1, 0.15) is 21.5 Å².